The molecule has 0 aliphatic carbocycles. The second-order valence-electron chi connectivity index (χ2n) is 4.58. The van der Waals surface area contributed by atoms with Gasteiger partial charge in [-0.2, -0.15) is 0 Å². The Morgan fingerprint density at radius 1 is 1.43 bits per heavy atom. The van der Waals surface area contributed by atoms with Gasteiger partial charge in [-0.25, -0.2) is 17.9 Å². The van der Waals surface area contributed by atoms with Gasteiger partial charge in [-0.05, 0) is 21.8 Å². The molecule has 1 amide bonds. The summed E-state index contributed by atoms with van der Waals surface area (Å²) in [6.45, 7) is 3.79. The molecule has 10 heteroatoms. The summed E-state index contributed by atoms with van der Waals surface area (Å²) < 4.78 is 30.5. The van der Waals surface area contributed by atoms with Gasteiger partial charge in [0.2, 0.25) is 21.7 Å². The highest BCUT2D eigenvalue weighted by molar-refractivity contribution is 9.10. The van der Waals surface area contributed by atoms with Crippen molar-refractivity contribution in [1.82, 2.24) is 10.0 Å². The van der Waals surface area contributed by atoms with E-state index >= 15 is 0 Å². The number of carboxylic acid groups (broad SMARTS) is 1. The Bertz CT molecular complexity index is 637. The van der Waals surface area contributed by atoms with Gasteiger partial charge in [-0.15, -0.1) is 0 Å². The van der Waals surface area contributed by atoms with Crippen LogP contribution in [-0.2, 0) is 14.8 Å². The molecule has 1 aromatic heterocycles. The van der Waals surface area contributed by atoms with Crippen LogP contribution in [0.25, 0.3) is 0 Å². The molecular formula is C11H15BrN2O6S. The van der Waals surface area contributed by atoms with E-state index in [0.717, 1.165) is 6.07 Å². The van der Waals surface area contributed by atoms with E-state index in [9.17, 15) is 18.0 Å². The summed E-state index contributed by atoms with van der Waals surface area (Å²) >= 11 is 2.83. The number of nitrogens with one attached hydrogen (secondary N) is 2. The molecule has 0 fully saturated rings. The van der Waals surface area contributed by atoms with E-state index < -0.39 is 34.2 Å². The smallest absolute Gasteiger partial charge is 0.371 e. The van der Waals surface area contributed by atoms with Gasteiger partial charge in [0.05, 0.1) is 6.54 Å². The zero-order chi connectivity index (χ0) is 16.2. The lowest BCUT2D eigenvalue weighted by Gasteiger charge is -2.08. The van der Waals surface area contributed by atoms with Crippen LogP contribution in [0.5, 0.6) is 0 Å². The maximum atomic E-state index is 12.0. The quantitative estimate of drug-likeness (QED) is 0.639. The molecule has 118 valence electrons. The normalized spacial score (nSPS) is 11.6. The number of carbonyl (C=O) groups excluding carboxylic acids is 1. The Morgan fingerprint density at radius 2 is 2.05 bits per heavy atom. The lowest BCUT2D eigenvalue weighted by Crippen LogP contribution is -2.38. The van der Waals surface area contributed by atoms with Crippen molar-refractivity contribution in [2.75, 3.05) is 13.1 Å². The highest BCUT2D eigenvalue weighted by atomic mass is 79.9. The van der Waals surface area contributed by atoms with Crippen LogP contribution in [0.15, 0.2) is 20.0 Å². The number of hydrogen-bond acceptors (Lipinski definition) is 5. The number of halogens is 1. The Labute approximate surface area is 130 Å². The molecule has 0 atom stereocenters. The molecule has 0 bridgehead atoms. The fourth-order valence-corrected chi connectivity index (χ4v) is 3.18. The van der Waals surface area contributed by atoms with Crippen LogP contribution in [0.4, 0.5) is 0 Å². The van der Waals surface area contributed by atoms with E-state index in [0.29, 0.717) is 6.54 Å². The summed E-state index contributed by atoms with van der Waals surface area (Å²) in [5, 5.41) is 11.3. The summed E-state index contributed by atoms with van der Waals surface area (Å²) in [6, 6.07) is 0.862. The second-order valence-corrected chi connectivity index (χ2v) is 7.03. The van der Waals surface area contributed by atoms with Crippen molar-refractivity contribution in [1.29, 1.82) is 0 Å². The Hall–Kier alpha value is -1.39. The first kappa shape index (κ1) is 17.7. The van der Waals surface area contributed by atoms with Crippen molar-refractivity contribution in [3.8, 4) is 0 Å². The van der Waals surface area contributed by atoms with Gasteiger partial charge in [0.25, 0.3) is 0 Å². The molecule has 3 N–H and O–H groups in total. The SMILES string of the molecule is CC(C)CNC(=O)CNS(=O)(=O)c1cc(C(=O)O)oc1Br. The highest BCUT2D eigenvalue weighted by Crippen LogP contribution is 2.25. The van der Waals surface area contributed by atoms with Crippen molar-refractivity contribution in [2.24, 2.45) is 5.92 Å². The van der Waals surface area contributed by atoms with Gasteiger partial charge in [0.15, 0.2) is 4.67 Å². The Kier molecular flexibility index (Phi) is 5.93. The fraction of sp³-hybridized carbons (Fsp3) is 0.455. The minimum absolute atomic E-state index is 0.241. The summed E-state index contributed by atoms with van der Waals surface area (Å²) in [7, 11) is -4.05. The van der Waals surface area contributed by atoms with Crippen LogP contribution in [-0.4, -0.2) is 38.5 Å². The first-order chi connectivity index (χ1) is 9.63. The summed E-state index contributed by atoms with van der Waals surface area (Å²) in [4.78, 5) is 21.8. The standard InChI is InChI=1S/C11H15BrN2O6S/c1-6(2)4-13-9(15)5-14-21(18,19)8-3-7(11(16)17)20-10(8)12/h3,6,14H,4-5H2,1-2H3,(H,13,15)(H,16,17). The molecule has 1 rings (SSSR count). The number of amides is 1. The number of carboxylic acids is 1. The molecule has 8 nitrogen and oxygen atoms in total. The molecule has 0 aromatic carbocycles. The van der Waals surface area contributed by atoms with E-state index in [2.05, 4.69) is 26.0 Å². The zero-order valence-corrected chi connectivity index (χ0v) is 13.7. The van der Waals surface area contributed by atoms with Crippen LogP contribution in [0.3, 0.4) is 0 Å². The summed E-state index contributed by atoms with van der Waals surface area (Å²) in [5.74, 6) is -2.16. The third-order valence-electron chi connectivity index (χ3n) is 2.29. The van der Waals surface area contributed by atoms with Gasteiger partial charge in [0, 0.05) is 12.6 Å². The molecule has 0 radical (unpaired) electrons. The largest absolute Gasteiger partial charge is 0.475 e. The maximum absolute atomic E-state index is 12.0. The minimum Gasteiger partial charge on any atom is -0.475 e. The Morgan fingerprint density at radius 3 is 2.52 bits per heavy atom. The van der Waals surface area contributed by atoms with Crippen LogP contribution < -0.4 is 10.0 Å². The minimum atomic E-state index is -4.05. The van der Waals surface area contributed by atoms with E-state index in [-0.39, 0.29) is 15.5 Å². The van der Waals surface area contributed by atoms with Crippen molar-refractivity contribution in [3.05, 3.63) is 16.5 Å². The molecule has 0 saturated carbocycles. The Balaban J connectivity index is 2.74. The van der Waals surface area contributed by atoms with Gasteiger partial charge in [-0.1, -0.05) is 13.8 Å². The lowest BCUT2D eigenvalue weighted by molar-refractivity contribution is -0.120. The fourth-order valence-electron chi connectivity index (χ4n) is 1.26. The molecule has 0 spiro atoms. The maximum Gasteiger partial charge on any atom is 0.371 e. The molecule has 0 aliphatic heterocycles. The summed E-state index contributed by atoms with van der Waals surface area (Å²) in [5.41, 5.74) is 0. The van der Waals surface area contributed by atoms with Crippen LogP contribution in [0, 0.1) is 5.92 Å². The molecule has 21 heavy (non-hydrogen) atoms. The average molecular weight is 383 g/mol. The van der Waals surface area contributed by atoms with E-state index in [1.807, 2.05) is 13.8 Å². The number of sulfonamides is 1. The first-order valence-corrected chi connectivity index (χ1v) is 8.20. The number of aromatic carboxylic acids is 1. The van der Waals surface area contributed by atoms with Crippen LogP contribution >= 0.6 is 15.9 Å². The molecule has 1 aromatic rings. The highest BCUT2D eigenvalue weighted by Gasteiger charge is 2.25. The van der Waals surface area contributed by atoms with Gasteiger partial charge >= 0.3 is 5.97 Å². The predicted octanol–water partition coefficient (Wildman–Crippen LogP) is 0.791. The third-order valence-corrected chi connectivity index (χ3v) is 4.54. The lowest BCUT2D eigenvalue weighted by atomic mass is 10.2. The average Bonchev–Trinajstić information content (AvgIpc) is 2.77. The molecule has 1 heterocycles. The van der Waals surface area contributed by atoms with E-state index in [1.54, 1.807) is 0 Å². The van der Waals surface area contributed by atoms with Crippen molar-refractivity contribution in [3.63, 3.8) is 0 Å². The number of hydrogen-bond donors (Lipinski definition) is 3. The van der Waals surface area contributed by atoms with Crippen LogP contribution in [0.2, 0.25) is 0 Å². The third kappa shape index (κ3) is 5.14. The number of furan rings is 1. The van der Waals surface area contributed by atoms with Crippen LogP contribution in [0.1, 0.15) is 24.4 Å². The van der Waals surface area contributed by atoms with E-state index in [4.69, 9.17) is 9.52 Å². The van der Waals surface area contributed by atoms with Gasteiger partial charge in [0.1, 0.15) is 4.90 Å². The van der Waals surface area contributed by atoms with Crippen molar-refractivity contribution < 1.29 is 27.5 Å². The summed E-state index contributed by atoms with van der Waals surface area (Å²) in [6.07, 6.45) is 0. The predicted molar refractivity (Wildman–Crippen MR) is 76.4 cm³/mol. The van der Waals surface area contributed by atoms with Gasteiger partial charge < -0.3 is 14.8 Å². The van der Waals surface area contributed by atoms with Crippen molar-refractivity contribution in [2.45, 2.75) is 18.7 Å². The zero-order valence-electron chi connectivity index (χ0n) is 11.3. The van der Waals surface area contributed by atoms with Crippen molar-refractivity contribution >= 4 is 37.8 Å². The molecule has 0 saturated heterocycles. The molecule has 0 aliphatic rings. The number of rotatable bonds is 7. The first-order valence-electron chi connectivity index (χ1n) is 5.92. The monoisotopic (exact) mass is 382 g/mol. The van der Waals surface area contributed by atoms with Gasteiger partial charge in [-0.3, -0.25) is 4.79 Å². The van der Waals surface area contributed by atoms with E-state index in [1.165, 1.54) is 0 Å². The molecule has 0 unspecified atom stereocenters. The second kappa shape index (κ2) is 7.05. The topological polar surface area (TPSA) is 126 Å². The number of carbonyl (C=O) groups is 2. The molecular weight excluding hydrogens is 368 g/mol.